The van der Waals surface area contributed by atoms with E-state index in [1.165, 1.54) is 0 Å². The molecule has 2 unspecified atom stereocenters. The van der Waals surface area contributed by atoms with Crippen molar-refractivity contribution in [3.63, 3.8) is 0 Å². The van der Waals surface area contributed by atoms with E-state index in [9.17, 15) is 4.79 Å². The van der Waals surface area contributed by atoms with Crippen molar-refractivity contribution in [2.75, 3.05) is 59.6 Å². The number of hydrogen-bond acceptors (Lipinski definition) is 5. The molecule has 1 amide bonds. The van der Waals surface area contributed by atoms with Crippen LogP contribution in [-0.2, 0) is 14.3 Å². The fourth-order valence-electron chi connectivity index (χ4n) is 2.91. The summed E-state index contributed by atoms with van der Waals surface area (Å²) in [4.78, 5) is 16.8. The van der Waals surface area contributed by atoms with Gasteiger partial charge in [-0.1, -0.05) is 6.92 Å². The Bertz CT molecular complexity index is 318. The van der Waals surface area contributed by atoms with Gasteiger partial charge >= 0.3 is 0 Å². The first kappa shape index (κ1) is 21.9. The van der Waals surface area contributed by atoms with Crippen LogP contribution in [0, 0.1) is 0 Å². The fourth-order valence-corrected chi connectivity index (χ4v) is 2.91. The fraction of sp³-hybridized carbons (Fsp3) is 0.929. The van der Waals surface area contributed by atoms with Crippen LogP contribution in [0.3, 0.4) is 0 Å². The number of ether oxygens (including phenoxy) is 2. The second kappa shape index (κ2) is 11.4. The number of methoxy groups -OCH3 is 1. The maximum atomic E-state index is 12.5. The molecule has 0 bridgehead atoms. The van der Waals surface area contributed by atoms with E-state index in [0.717, 1.165) is 45.8 Å². The highest BCUT2D eigenvalue weighted by Crippen LogP contribution is 2.14. The van der Waals surface area contributed by atoms with Crippen LogP contribution in [0.25, 0.3) is 0 Å². The topological polar surface area (TPSA) is 54.0 Å². The van der Waals surface area contributed by atoms with Crippen LogP contribution >= 0.6 is 24.8 Å². The molecule has 2 saturated heterocycles. The van der Waals surface area contributed by atoms with Crippen molar-refractivity contribution >= 4 is 30.7 Å². The number of carbonyl (C=O) groups is 1. The van der Waals surface area contributed by atoms with Gasteiger partial charge < -0.3 is 19.7 Å². The second-order valence-electron chi connectivity index (χ2n) is 5.44. The van der Waals surface area contributed by atoms with Crippen LogP contribution in [0.4, 0.5) is 0 Å². The van der Waals surface area contributed by atoms with E-state index >= 15 is 0 Å². The van der Waals surface area contributed by atoms with E-state index in [1.807, 2.05) is 4.90 Å². The number of rotatable bonds is 5. The first-order valence-electron chi connectivity index (χ1n) is 7.60. The molecule has 8 heteroatoms. The van der Waals surface area contributed by atoms with Gasteiger partial charge in [-0.25, -0.2) is 0 Å². The highest BCUT2D eigenvalue weighted by molar-refractivity contribution is 5.85. The summed E-state index contributed by atoms with van der Waals surface area (Å²) in [5.74, 6) is 0.141. The lowest BCUT2D eigenvalue weighted by molar-refractivity contribution is -0.148. The number of halogens is 2. The summed E-state index contributed by atoms with van der Waals surface area (Å²) in [5, 5.41) is 3.22. The minimum Gasteiger partial charge on any atom is -0.383 e. The average molecular weight is 358 g/mol. The zero-order valence-corrected chi connectivity index (χ0v) is 15.1. The predicted molar refractivity (Wildman–Crippen MR) is 91.2 cm³/mol. The molecule has 132 valence electrons. The highest BCUT2D eigenvalue weighted by atomic mass is 35.5. The van der Waals surface area contributed by atoms with Gasteiger partial charge in [0.15, 0.2) is 0 Å². The van der Waals surface area contributed by atoms with E-state index < -0.39 is 0 Å². The summed E-state index contributed by atoms with van der Waals surface area (Å²) in [7, 11) is 1.73. The van der Waals surface area contributed by atoms with Gasteiger partial charge in [0.1, 0.15) is 6.10 Å². The van der Waals surface area contributed by atoms with Crippen LogP contribution in [0.15, 0.2) is 0 Å². The largest absolute Gasteiger partial charge is 0.383 e. The zero-order chi connectivity index (χ0) is 14.4. The van der Waals surface area contributed by atoms with Crippen molar-refractivity contribution in [1.82, 2.24) is 15.1 Å². The van der Waals surface area contributed by atoms with Crippen molar-refractivity contribution in [2.45, 2.75) is 25.5 Å². The molecule has 0 radical (unpaired) electrons. The van der Waals surface area contributed by atoms with Crippen LogP contribution in [0.2, 0.25) is 0 Å². The Labute approximate surface area is 145 Å². The standard InChI is InChI=1S/C14H27N3O3.2ClH/c1-3-12-11-17(6-5-16(12)7-9-19-2)14(18)13-10-15-4-8-20-13;;/h12-13,15H,3-11H2,1-2H3;2*1H. The van der Waals surface area contributed by atoms with Crippen molar-refractivity contribution < 1.29 is 14.3 Å². The predicted octanol–water partition coefficient (Wildman–Crippen LogP) is 0.388. The number of nitrogens with one attached hydrogen (secondary N) is 1. The van der Waals surface area contributed by atoms with Gasteiger partial charge in [-0.3, -0.25) is 9.69 Å². The number of amides is 1. The van der Waals surface area contributed by atoms with Gasteiger partial charge in [0, 0.05) is 52.4 Å². The van der Waals surface area contributed by atoms with Gasteiger partial charge in [0.2, 0.25) is 0 Å². The third-order valence-electron chi connectivity index (χ3n) is 4.17. The number of morpholine rings is 1. The van der Waals surface area contributed by atoms with E-state index in [-0.39, 0.29) is 36.8 Å². The number of hydrogen-bond donors (Lipinski definition) is 1. The molecule has 2 rings (SSSR count). The monoisotopic (exact) mass is 357 g/mol. The minimum absolute atomic E-state index is 0. The molecule has 22 heavy (non-hydrogen) atoms. The molecule has 0 saturated carbocycles. The minimum atomic E-state index is -0.299. The molecular formula is C14H29Cl2N3O3. The lowest BCUT2D eigenvalue weighted by Crippen LogP contribution is -2.58. The second-order valence-corrected chi connectivity index (χ2v) is 5.44. The quantitative estimate of drug-likeness (QED) is 0.771. The van der Waals surface area contributed by atoms with Crippen molar-refractivity contribution in [2.24, 2.45) is 0 Å². The molecule has 0 spiro atoms. The molecule has 0 aliphatic carbocycles. The van der Waals surface area contributed by atoms with Gasteiger partial charge in [0.05, 0.1) is 13.2 Å². The highest BCUT2D eigenvalue weighted by Gasteiger charge is 2.32. The van der Waals surface area contributed by atoms with Gasteiger partial charge in [-0.2, -0.15) is 0 Å². The molecule has 0 aromatic rings. The molecule has 6 nitrogen and oxygen atoms in total. The maximum absolute atomic E-state index is 12.5. The third-order valence-corrected chi connectivity index (χ3v) is 4.17. The molecule has 2 fully saturated rings. The summed E-state index contributed by atoms with van der Waals surface area (Å²) in [6, 6.07) is 0.430. The molecule has 2 heterocycles. The molecular weight excluding hydrogens is 329 g/mol. The number of carbonyl (C=O) groups excluding carboxylic acids is 1. The lowest BCUT2D eigenvalue weighted by atomic mass is 10.1. The van der Waals surface area contributed by atoms with E-state index in [1.54, 1.807) is 7.11 Å². The van der Waals surface area contributed by atoms with E-state index in [2.05, 4.69) is 17.1 Å². The summed E-state index contributed by atoms with van der Waals surface area (Å²) in [6.07, 6.45) is 0.754. The molecule has 2 aliphatic heterocycles. The molecule has 2 atom stereocenters. The summed E-state index contributed by atoms with van der Waals surface area (Å²) in [6.45, 7) is 8.49. The van der Waals surface area contributed by atoms with Gasteiger partial charge in [-0.05, 0) is 6.42 Å². The van der Waals surface area contributed by atoms with Crippen molar-refractivity contribution in [1.29, 1.82) is 0 Å². The Hall–Kier alpha value is -0.110. The Morgan fingerprint density at radius 3 is 2.73 bits per heavy atom. The Morgan fingerprint density at radius 2 is 2.14 bits per heavy atom. The average Bonchev–Trinajstić information content (AvgIpc) is 2.52. The van der Waals surface area contributed by atoms with Gasteiger partial charge in [0.25, 0.3) is 5.91 Å². The van der Waals surface area contributed by atoms with Crippen LogP contribution in [0.5, 0.6) is 0 Å². The van der Waals surface area contributed by atoms with Crippen molar-refractivity contribution in [3.05, 3.63) is 0 Å². The van der Waals surface area contributed by atoms with Crippen LogP contribution in [0.1, 0.15) is 13.3 Å². The molecule has 1 N–H and O–H groups in total. The van der Waals surface area contributed by atoms with Crippen LogP contribution in [-0.4, -0.2) is 87.4 Å². The Balaban J connectivity index is 0.00000220. The number of nitrogens with zero attached hydrogens (tertiary/aromatic N) is 2. The van der Waals surface area contributed by atoms with Gasteiger partial charge in [-0.15, -0.1) is 24.8 Å². The Kier molecular flexibility index (Phi) is 11.4. The lowest BCUT2D eigenvalue weighted by Gasteiger charge is -2.42. The Morgan fingerprint density at radius 1 is 1.36 bits per heavy atom. The summed E-state index contributed by atoms with van der Waals surface area (Å²) in [5.41, 5.74) is 0. The summed E-state index contributed by atoms with van der Waals surface area (Å²) < 4.78 is 10.7. The normalized spacial score (nSPS) is 26.0. The smallest absolute Gasteiger partial charge is 0.253 e. The first-order chi connectivity index (χ1) is 9.76. The van der Waals surface area contributed by atoms with E-state index in [0.29, 0.717) is 19.2 Å². The molecule has 2 aliphatic rings. The third kappa shape index (κ3) is 5.83. The van der Waals surface area contributed by atoms with Crippen molar-refractivity contribution in [3.8, 4) is 0 Å². The summed E-state index contributed by atoms with van der Waals surface area (Å²) >= 11 is 0. The first-order valence-corrected chi connectivity index (χ1v) is 7.60. The SMILES string of the molecule is CCC1CN(C(=O)C2CNCCO2)CCN1CCOC.Cl.Cl. The number of piperazine rings is 1. The molecule has 0 aromatic carbocycles. The van der Waals surface area contributed by atoms with E-state index in [4.69, 9.17) is 9.47 Å². The zero-order valence-electron chi connectivity index (χ0n) is 13.5. The maximum Gasteiger partial charge on any atom is 0.253 e. The van der Waals surface area contributed by atoms with Crippen LogP contribution < -0.4 is 5.32 Å². The molecule has 0 aromatic heterocycles.